The smallest absolute Gasteiger partial charge is 0.139 e. The summed E-state index contributed by atoms with van der Waals surface area (Å²) in [7, 11) is 0. The minimum atomic E-state index is 0.427. The standard InChI is InChI=1S/C18H22N4S/c1-11(2)20-15-7-5-6-14(8-15)9-19-17-16-12(3)10-23-18(16)22-13(4)21-17/h5-8,10-11,20H,9H2,1-4H3,(H,19,21,22). The van der Waals surface area contributed by atoms with Crippen LogP contribution in [0.2, 0.25) is 0 Å². The van der Waals surface area contributed by atoms with Crippen LogP contribution in [-0.4, -0.2) is 16.0 Å². The number of benzene rings is 1. The molecule has 3 aromatic rings. The van der Waals surface area contributed by atoms with Gasteiger partial charge in [-0.15, -0.1) is 11.3 Å². The lowest BCUT2D eigenvalue weighted by Gasteiger charge is -2.12. The maximum Gasteiger partial charge on any atom is 0.139 e. The van der Waals surface area contributed by atoms with Crippen LogP contribution in [0.4, 0.5) is 11.5 Å². The van der Waals surface area contributed by atoms with Crippen LogP contribution >= 0.6 is 11.3 Å². The molecule has 120 valence electrons. The molecule has 1 aromatic carbocycles. The molecule has 0 aliphatic rings. The average Bonchev–Trinajstić information content (AvgIpc) is 2.86. The van der Waals surface area contributed by atoms with Crippen molar-refractivity contribution in [2.24, 2.45) is 0 Å². The Balaban J connectivity index is 1.82. The van der Waals surface area contributed by atoms with Crippen LogP contribution in [0.1, 0.15) is 30.8 Å². The lowest BCUT2D eigenvalue weighted by atomic mass is 10.2. The molecule has 23 heavy (non-hydrogen) atoms. The fourth-order valence-corrected chi connectivity index (χ4v) is 3.58. The van der Waals surface area contributed by atoms with E-state index in [1.54, 1.807) is 11.3 Å². The van der Waals surface area contributed by atoms with Gasteiger partial charge in [0.15, 0.2) is 0 Å². The van der Waals surface area contributed by atoms with Crippen LogP contribution in [0.15, 0.2) is 29.6 Å². The zero-order valence-electron chi connectivity index (χ0n) is 14.0. The first-order valence-electron chi connectivity index (χ1n) is 7.84. The number of thiophene rings is 1. The van der Waals surface area contributed by atoms with Crippen molar-refractivity contribution in [1.82, 2.24) is 9.97 Å². The summed E-state index contributed by atoms with van der Waals surface area (Å²) >= 11 is 1.67. The van der Waals surface area contributed by atoms with Gasteiger partial charge in [0.2, 0.25) is 0 Å². The summed E-state index contributed by atoms with van der Waals surface area (Å²) < 4.78 is 0. The summed E-state index contributed by atoms with van der Waals surface area (Å²) in [6, 6.07) is 8.91. The summed E-state index contributed by atoms with van der Waals surface area (Å²) in [6.07, 6.45) is 0. The first kappa shape index (κ1) is 15.7. The lowest BCUT2D eigenvalue weighted by Crippen LogP contribution is -2.10. The van der Waals surface area contributed by atoms with Gasteiger partial charge in [-0.2, -0.15) is 0 Å². The molecule has 2 aromatic heterocycles. The van der Waals surface area contributed by atoms with E-state index < -0.39 is 0 Å². The molecular weight excluding hydrogens is 304 g/mol. The molecule has 0 bridgehead atoms. The van der Waals surface area contributed by atoms with Crippen molar-refractivity contribution in [1.29, 1.82) is 0 Å². The van der Waals surface area contributed by atoms with Gasteiger partial charge in [-0.05, 0) is 56.3 Å². The summed E-state index contributed by atoms with van der Waals surface area (Å²) in [4.78, 5) is 10.2. The van der Waals surface area contributed by atoms with Gasteiger partial charge in [0, 0.05) is 18.3 Å². The molecule has 3 rings (SSSR count). The molecule has 0 saturated carbocycles. The Morgan fingerprint density at radius 1 is 1.17 bits per heavy atom. The first-order chi connectivity index (χ1) is 11.0. The molecule has 0 radical (unpaired) electrons. The Bertz CT molecular complexity index is 823. The first-order valence-corrected chi connectivity index (χ1v) is 8.72. The largest absolute Gasteiger partial charge is 0.383 e. The number of hydrogen-bond acceptors (Lipinski definition) is 5. The van der Waals surface area contributed by atoms with Gasteiger partial charge in [0.25, 0.3) is 0 Å². The van der Waals surface area contributed by atoms with Crippen molar-refractivity contribution in [3.05, 3.63) is 46.6 Å². The summed E-state index contributed by atoms with van der Waals surface area (Å²) in [5, 5.41) is 10.2. The third-order valence-electron chi connectivity index (χ3n) is 3.57. The molecule has 2 N–H and O–H groups in total. The number of anilines is 2. The van der Waals surface area contributed by atoms with Crippen molar-refractivity contribution in [2.45, 2.75) is 40.3 Å². The van der Waals surface area contributed by atoms with Crippen molar-refractivity contribution in [3.63, 3.8) is 0 Å². The topological polar surface area (TPSA) is 49.8 Å². The van der Waals surface area contributed by atoms with E-state index in [2.05, 4.69) is 71.0 Å². The van der Waals surface area contributed by atoms with Crippen molar-refractivity contribution in [3.8, 4) is 0 Å². The third-order valence-corrected chi connectivity index (χ3v) is 4.56. The van der Waals surface area contributed by atoms with Crippen LogP contribution in [-0.2, 0) is 6.54 Å². The van der Waals surface area contributed by atoms with Crippen LogP contribution < -0.4 is 10.6 Å². The molecule has 0 amide bonds. The van der Waals surface area contributed by atoms with Gasteiger partial charge in [0.1, 0.15) is 16.5 Å². The Morgan fingerprint density at radius 2 is 2.00 bits per heavy atom. The number of aryl methyl sites for hydroxylation is 2. The molecule has 0 unspecified atom stereocenters. The maximum atomic E-state index is 4.59. The SMILES string of the molecule is Cc1nc(NCc2cccc(NC(C)C)c2)c2c(C)csc2n1. The molecule has 2 heterocycles. The van der Waals surface area contributed by atoms with E-state index in [1.165, 1.54) is 11.1 Å². The minimum absolute atomic E-state index is 0.427. The molecule has 5 heteroatoms. The number of hydrogen-bond donors (Lipinski definition) is 2. The Morgan fingerprint density at radius 3 is 2.78 bits per heavy atom. The Kier molecular flexibility index (Phi) is 4.48. The van der Waals surface area contributed by atoms with Crippen LogP contribution in [0, 0.1) is 13.8 Å². The zero-order chi connectivity index (χ0) is 16.4. The lowest BCUT2D eigenvalue weighted by molar-refractivity contribution is 0.899. The summed E-state index contributed by atoms with van der Waals surface area (Å²) in [6.45, 7) is 9.08. The zero-order valence-corrected chi connectivity index (χ0v) is 14.8. The van der Waals surface area contributed by atoms with E-state index in [-0.39, 0.29) is 0 Å². The van der Waals surface area contributed by atoms with Gasteiger partial charge in [-0.25, -0.2) is 9.97 Å². The van der Waals surface area contributed by atoms with E-state index in [4.69, 9.17) is 0 Å². The Hall–Kier alpha value is -2.14. The second kappa shape index (κ2) is 6.54. The van der Waals surface area contributed by atoms with Crippen molar-refractivity contribution < 1.29 is 0 Å². The number of aromatic nitrogens is 2. The predicted molar refractivity (Wildman–Crippen MR) is 99.4 cm³/mol. The average molecular weight is 326 g/mol. The second-order valence-corrected chi connectivity index (χ2v) is 6.93. The highest BCUT2D eigenvalue weighted by molar-refractivity contribution is 7.17. The normalized spacial score (nSPS) is 11.2. The van der Waals surface area contributed by atoms with Gasteiger partial charge >= 0.3 is 0 Å². The van der Waals surface area contributed by atoms with Crippen LogP contribution in [0.3, 0.4) is 0 Å². The number of nitrogens with one attached hydrogen (secondary N) is 2. The van der Waals surface area contributed by atoms with Crippen LogP contribution in [0.5, 0.6) is 0 Å². The minimum Gasteiger partial charge on any atom is -0.383 e. The van der Waals surface area contributed by atoms with Crippen molar-refractivity contribution >= 4 is 33.1 Å². The highest BCUT2D eigenvalue weighted by Crippen LogP contribution is 2.29. The third kappa shape index (κ3) is 3.62. The quantitative estimate of drug-likeness (QED) is 0.711. The van der Waals surface area contributed by atoms with Crippen LogP contribution in [0.25, 0.3) is 10.2 Å². The van der Waals surface area contributed by atoms with E-state index in [1.807, 2.05) is 6.92 Å². The van der Waals surface area contributed by atoms with Crippen molar-refractivity contribution in [2.75, 3.05) is 10.6 Å². The van der Waals surface area contributed by atoms with E-state index >= 15 is 0 Å². The molecule has 0 saturated heterocycles. The fourth-order valence-electron chi connectivity index (χ4n) is 2.61. The second-order valence-electron chi connectivity index (χ2n) is 6.07. The molecule has 0 aliphatic carbocycles. The monoisotopic (exact) mass is 326 g/mol. The van der Waals surface area contributed by atoms with E-state index in [0.29, 0.717) is 6.04 Å². The Labute approximate surface area is 141 Å². The number of rotatable bonds is 5. The molecular formula is C18H22N4S. The van der Waals surface area contributed by atoms with Gasteiger partial charge < -0.3 is 10.6 Å². The maximum absolute atomic E-state index is 4.59. The molecule has 0 aliphatic heterocycles. The summed E-state index contributed by atoms with van der Waals surface area (Å²) in [5.74, 6) is 1.73. The molecule has 0 spiro atoms. The molecule has 4 nitrogen and oxygen atoms in total. The summed E-state index contributed by atoms with van der Waals surface area (Å²) in [5.41, 5.74) is 3.60. The number of fused-ring (bicyclic) bond motifs is 1. The van der Waals surface area contributed by atoms with Gasteiger partial charge in [-0.1, -0.05) is 12.1 Å². The van der Waals surface area contributed by atoms with Gasteiger partial charge in [-0.3, -0.25) is 0 Å². The molecule has 0 atom stereocenters. The highest BCUT2D eigenvalue weighted by Gasteiger charge is 2.10. The predicted octanol–water partition coefficient (Wildman–Crippen LogP) is 4.74. The molecule has 0 fully saturated rings. The number of nitrogens with zero attached hydrogens (tertiary/aromatic N) is 2. The van der Waals surface area contributed by atoms with E-state index in [9.17, 15) is 0 Å². The fraction of sp³-hybridized carbons (Fsp3) is 0.333. The highest BCUT2D eigenvalue weighted by atomic mass is 32.1. The van der Waals surface area contributed by atoms with Gasteiger partial charge in [0.05, 0.1) is 5.39 Å². The van der Waals surface area contributed by atoms with E-state index in [0.717, 1.165) is 34.1 Å².